The molecule has 106 valence electrons. The molecule has 0 spiro atoms. The van der Waals surface area contributed by atoms with Crippen LogP contribution in [0.2, 0.25) is 5.15 Å². The van der Waals surface area contributed by atoms with E-state index in [1.165, 1.54) is 12.1 Å². The van der Waals surface area contributed by atoms with E-state index in [0.717, 1.165) is 30.5 Å². The van der Waals surface area contributed by atoms with E-state index >= 15 is 0 Å². The minimum Gasteiger partial charge on any atom is -0.376 e. The lowest BCUT2D eigenvalue weighted by Crippen LogP contribution is -2.11. The summed E-state index contributed by atoms with van der Waals surface area (Å²) in [5.74, 6) is -0.220. The summed E-state index contributed by atoms with van der Waals surface area (Å²) in [4.78, 5) is 4.06. The number of hydrogen-bond donors (Lipinski definition) is 1. The molecule has 0 aliphatic carbocycles. The van der Waals surface area contributed by atoms with Gasteiger partial charge in [0, 0.05) is 6.20 Å². The molecule has 0 amide bonds. The lowest BCUT2D eigenvalue weighted by Gasteiger charge is -2.20. The number of halogens is 2. The molecule has 0 fully saturated rings. The maximum absolute atomic E-state index is 13.0. The minimum absolute atomic E-state index is 0.109. The standard InChI is InChI=1S/C16H18ClFN2/c1-2-3-5-14(12-7-9-13(18)10-8-12)20-15-6-4-11-19-16(15)17/h4,6-11,14,20H,2-3,5H2,1H3. The van der Waals surface area contributed by atoms with E-state index in [4.69, 9.17) is 11.6 Å². The van der Waals surface area contributed by atoms with Crippen molar-refractivity contribution in [1.82, 2.24) is 4.98 Å². The van der Waals surface area contributed by atoms with E-state index in [1.54, 1.807) is 6.20 Å². The quantitative estimate of drug-likeness (QED) is 0.739. The van der Waals surface area contributed by atoms with Crippen molar-refractivity contribution in [2.45, 2.75) is 32.2 Å². The van der Waals surface area contributed by atoms with Crippen molar-refractivity contribution in [3.8, 4) is 0 Å². The number of unbranched alkanes of at least 4 members (excludes halogenated alkanes) is 1. The first-order valence-electron chi connectivity index (χ1n) is 6.83. The van der Waals surface area contributed by atoms with Crippen LogP contribution in [0.3, 0.4) is 0 Å². The fourth-order valence-electron chi connectivity index (χ4n) is 2.11. The van der Waals surface area contributed by atoms with Gasteiger partial charge in [0.05, 0.1) is 11.7 Å². The van der Waals surface area contributed by atoms with Gasteiger partial charge in [-0.1, -0.05) is 43.5 Å². The first-order chi connectivity index (χ1) is 9.70. The van der Waals surface area contributed by atoms with Crippen LogP contribution in [0, 0.1) is 5.82 Å². The largest absolute Gasteiger partial charge is 0.376 e. The van der Waals surface area contributed by atoms with Gasteiger partial charge in [-0.2, -0.15) is 0 Å². The van der Waals surface area contributed by atoms with Gasteiger partial charge in [0.25, 0.3) is 0 Å². The molecular weight excluding hydrogens is 275 g/mol. The van der Waals surface area contributed by atoms with E-state index < -0.39 is 0 Å². The summed E-state index contributed by atoms with van der Waals surface area (Å²) in [6.45, 7) is 2.15. The van der Waals surface area contributed by atoms with Crippen LogP contribution in [-0.4, -0.2) is 4.98 Å². The predicted molar refractivity (Wildman–Crippen MR) is 81.5 cm³/mol. The predicted octanol–water partition coefficient (Wildman–Crippen LogP) is 5.22. The van der Waals surface area contributed by atoms with Crippen molar-refractivity contribution >= 4 is 17.3 Å². The molecular formula is C16H18ClFN2. The van der Waals surface area contributed by atoms with Crippen molar-refractivity contribution in [2.75, 3.05) is 5.32 Å². The fourth-order valence-corrected chi connectivity index (χ4v) is 2.28. The van der Waals surface area contributed by atoms with Crippen LogP contribution in [-0.2, 0) is 0 Å². The Labute approximate surface area is 124 Å². The lowest BCUT2D eigenvalue weighted by atomic mass is 10.0. The van der Waals surface area contributed by atoms with Crippen molar-refractivity contribution in [1.29, 1.82) is 0 Å². The molecule has 0 bridgehead atoms. The van der Waals surface area contributed by atoms with E-state index in [0.29, 0.717) is 5.15 Å². The van der Waals surface area contributed by atoms with Crippen molar-refractivity contribution in [3.63, 3.8) is 0 Å². The zero-order chi connectivity index (χ0) is 14.4. The molecule has 1 atom stereocenters. The Morgan fingerprint density at radius 2 is 2.00 bits per heavy atom. The Bertz CT molecular complexity index is 542. The second-order valence-electron chi connectivity index (χ2n) is 4.73. The molecule has 20 heavy (non-hydrogen) atoms. The van der Waals surface area contributed by atoms with Gasteiger partial charge in [0.2, 0.25) is 0 Å². The molecule has 2 nitrogen and oxygen atoms in total. The molecule has 0 aliphatic heterocycles. The average molecular weight is 293 g/mol. The Hall–Kier alpha value is -1.61. The molecule has 0 radical (unpaired) electrons. The van der Waals surface area contributed by atoms with Crippen LogP contribution in [0.1, 0.15) is 37.8 Å². The summed E-state index contributed by atoms with van der Waals surface area (Å²) in [6, 6.07) is 10.5. The van der Waals surface area contributed by atoms with Crippen LogP contribution in [0.4, 0.5) is 10.1 Å². The number of aromatic nitrogens is 1. The maximum atomic E-state index is 13.0. The van der Waals surface area contributed by atoms with Gasteiger partial charge in [-0.05, 0) is 36.2 Å². The van der Waals surface area contributed by atoms with Gasteiger partial charge in [0.1, 0.15) is 5.82 Å². The zero-order valence-corrected chi connectivity index (χ0v) is 12.2. The molecule has 1 N–H and O–H groups in total. The lowest BCUT2D eigenvalue weighted by molar-refractivity contribution is 0.616. The number of hydrogen-bond acceptors (Lipinski definition) is 2. The minimum atomic E-state index is -0.220. The second kappa shape index (κ2) is 7.25. The van der Waals surface area contributed by atoms with Gasteiger partial charge < -0.3 is 5.32 Å². The Balaban J connectivity index is 2.19. The molecule has 0 saturated heterocycles. The zero-order valence-electron chi connectivity index (χ0n) is 11.4. The Kier molecular flexibility index (Phi) is 5.36. The highest BCUT2D eigenvalue weighted by molar-refractivity contribution is 6.31. The second-order valence-corrected chi connectivity index (χ2v) is 5.09. The third-order valence-corrected chi connectivity index (χ3v) is 3.51. The molecule has 0 aliphatic rings. The van der Waals surface area contributed by atoms with E-state index in [-0.39, 0.29) is 11.9 Å². The highest BCUT2D eigenvalue weighted by Crippen LogP contribution is 2.27. The van der Waals surface area contributed by atoms with Crippen LogP contribution < -0.4 is 5.32 Å². The summed E-state index contributed by atoms with van der Waals surface area (Å²) in [6.07, 6.45) is 4.83. The normalized spacial score (nSPS) is 12.2. The third-order valence-electron chi connectivity index (χ3n) is 3.21. The number of anilines is 1. The highest BCUT2D eigenvalue weighted by Gasteiger charge is 2.12. The monoisotopic (exact) mass is 292 g/mol. The summed E-state index contributed by atoms with van der Waals surface area (Å²) >= 11 is 6.08. The van der Waals surface area contributed by atoms with Gasteiger partial charge in [-0.3, -0.25) is 0 Å². The van der Waals surface area contributed by atoms with Crippen molar-refractivity contribution < 1.29 is 4.39 Å². The number of pyridine rings is 1. The molecule has 1 aromatic carbocycles. The topological polar surface area (TPSA) is 24.9 Å². The highest BCUT2D eigenvalue weighted by atomic mass is 35.5. The molecule has 2 aromatic rings. The summed E-state index contributed by atoms with van der Waals surface area (Å²) in [7, 11) is 0. The first-order valence-corrected chi connectivity index (χ1v) is 7.21. The van der Waals surface area contributed by atoms with Crippen LogP contribution >= 0.6 is 11.6 Å². The third kappa shape index (κ3) is 3.94. The summed E-state index contributed by atoms with van der Waals surface area (Å²) in [5.41, 5.74) is 1.86. The molecule has 2 rings (SSSR count). The van der Waals surface area contributed by atoms with Crippen molar-refractivity contribution in [3.05, 3.63) is 59.1 Å². The smallest absolute Gasteiger partial charge is 0.152 e. The van der Waals surface area contributed by atoms with Crippen LogP contribution in [0.5, 0.6) is 0 Å². The van der Waals surface area contributed by atoms with Gasteiger partial charge in [0.15, 0.2) is 5.15 Å². The summed E-state index contributed by atoms with van der Waals surface area (Å²) in [5, 5.41) is 3.86. The van der Waals surface area contributed by atoms with Crippen LogP contribution in [0.25, 0.3) is 0 Å². The number of rotatable bonds is 6. The Morgan fingerprint density at radius 3 is 2.65 bits per heavy atom. The number of nitrogens with one attached hydrogen (secondary N) is 1. The first kappa shape index (κ1) is 14.8. The van der Waals surface area contributed by atoms with Crippen LogP contribution in [0.15, 0.2) is 42.6 Å². The van der Waals surface area contributed by atoms with Gasteiger partial charge in [-0.15, -0.1) is 0 Å². The molecule has 4 heteroatoms. The van der Waals surface area contributed by atoms with E-state index in [9.17, 15) is 4.39 Å². The van der Waals surface area contributed by atoms with E-state index in [1.807, 2.05) is 24.3 Å². The van der Waals surface area contributed by atoms with Gasteiger partial charge >= 0.3 is 0 Å². The SMILES string of the molecule is CCCCC(Nc1cccnc1Cl)c1ccc(F)cc1. The molecule has 1 unspecified atom stereocenters. The fraction of sp³-hybridized carbons (Fsp3) is 0.312. The molecule has 1 heterocycles. The maximum Gasteiger partial charge on any atom is 0.152 e. The molecule has 0 saturated carbocycles. The average Bonchev–Trinajstić information content (AvgIpc) is 2.46. The van der Waals surface area contributed by atoms with E-state index in [2.05, 4.69) is 17.2 Å². The molecule has 1 aromatic heterocycles. The number of benzene rings is 1. The van der Waals surface area contributed by atoms with Crippen molar-refractivity contribution in [2.24, 2.45) is 0 Å². The van der Waals surface area contributed by atoms with Gasteiger partial charge in [-0.25, -0.2) is 9.37 Å². The Morgan fingerprint density at radius 1 is 1.25 bits per heavy atom. The number of nitrogens with zero attached hydrogens (tertiary/aromatic N) is 1. The summed E-state index contributed by atoms with van der Waals surface area (Å²) < 4.78 is 13.0.